The van der Waals surface area contributed by atoms with Gasteiger partial charge in [0.15, 0.2) is 0 Å². The molecule has 0 saturated heterocycles. The molecule has 92 valence electrons. The fraction of sp³-hybridized carbons (Fsp3) is 0.500. The summed E-state index contributed by atoms with van der Waals surface area (Å²) in [6, 6.07) is 1.94. The van der Waals surface area contributed by atoms with E-state index in [9.17, 15) is 5.11 Å². The lowest BCUT2D eigenvalue weighted by Crippen LogP contribution is -2.07. The molecule has 1 aliphatic rings. The van der Waals surface area contributed by atoms with E-state index in [0.29, 0.717) is 6.61 Å². The Morgan fingerprint density at radius 1 is 1.59 bits per heavy atom. The smallest absolute Gasteiger partial charge is 0.126 e. The van der Waals surface area contributed by atoms with Crippen LogP contribution in [0.15, 0.2) is 18.7 Å². The van der Waals surface area contributed by atoms with E-state index in [1.165, 1.54) is 0 Å². The van der Waals surface area contributed by atoms with Gasteiger partial charge in [0, 0.05) is 17.3 Å². The van der Waals surface area contributed by atoms with E-state index >= 15 is 0 Å². The van der Waals surface area contributed by atoms with Crippen LogP contribution >= 0.6 is 0 Å². The van der Waals surface area contributed by atoms with E-state index in [1.807, 2.05) is 13.0 Å². The summed E-state index contributed by atoms with van der Waals surface area (Å²) in [5.41, 5.74) is 2.77. The molecule has 1 heterocycles. The lowest BCUT2D eigenvalue weighted by atomic mass is 10.1. The Bertz CT molecular complexity index is 415. The molecular formula is C14H19NO2. The van der Waals surface area contributed by atoms with Gasteiger partial charge >= 0.3 is 0 Å². The van der Waals surface area contributed by atoms with E-state index in [-0.39, 0.29) is 0 Å². The lowest BCUT2D eigenvalue weighted by molar-refractivity contribution is 0.161. The van der Waals surface area contributed by atoms with Crippen molar-refractivity contribution in [2.75, 3.05) is 6.61 Å². The Labute approximate surface area is 102 Å². The van der Waals surface area contributed by atoms with E-state index in [4.69, 9.17) is 4.74 Å². The van der Waals surface area contributed by atoms with Gasteiger partial charge in [0.1, 0.15) is 12.4 Å². The van der Waals surface area contributed by atoms with Gasteiger partial charge in [0.2, 0.25) is 0 Å². The highest BCUT2D eigenvalue weighted by molar-refractivity contribution is 5.40. The maximum atomic E-state index is 10.1. The first-order valence-corrected chi connectivity index (χ1v) is 6.14. The van der Waals surface area contributed by atoms with Gasteiger partial charge < -0.3 is 9.84 Å². The van der Waals surface area contributed by atoms with E-state index in [0.717, 1.165) is 48.4 Å². The normalized spacial score (nSPS) is 19.3. The van der Waals surface area contributed by atoms with Gasteiger partial charge in [-0.2, -0.15) is 0 Å². The Balaban J connectivity index is 2.41. The minimum Gasteiger partial charge on any atom is -0.489 e. The van der Waals surface area contributed by atoms with Crippen molar-refractivity contribution in [2.45, 2.75) is 38.7 Å². The molecule has 0 amide bonds. The summed E-state index contributed by atoms with van der Waals surface area (Å²) in [7, 11) is 0. The van der Waals surface area contributed by atoms with Gasteiger partial charge in [-0.3, -0.25) is 4.98 Å². The number of hydrogen-bond acceptors (Lipinski definition) is 3. The highest BCUT2D eigenvalue weighted by Gasteiger charge is 2.21. The number of nitrogens with zero attached hydrogens (tertiary/aromatic N) is 1. The molecule has 3 heteroatoms. The molecule has 0 fully saturated rings. The SMILES string of the molecule is C=CCOc1cc(C)nc2c1CCCCC2O. The van der Waals surface area contributed by atoms with Crippen molar-refractivity contribution >= 4 is 0 Å². The van der Waals surface area contributed by atoms with Gasteiger partial charge in [0.25, 0.3) is 0 Å². The fourth-order valence-electron chi connectivity index (χ4n) is 2.27. The Morgan fingerprint density at radius 2 is 2.41 bits per heavy atom. The first kappa shape index (κ1) is 12.1. The highest BCUT2D eigenvalue weighted by atomic mass is 16.5. The van der Waals surface area contributed by atoms with Crippen molar-refractivity contribution in [3.63, 3.8) is 0 Å². The molecule has 0 aliphatic heterocycles. The van der Waals surface area contributed by atoms with Crippen molar-refractivity contribution < 1.29 is 9.84 Å². The summed E-state index contributed by atoms with van der Waals surface area (Å²) in [5.74, 6) is 0.855. The second-order valence-corrected chi connectivity index (χ2v) is 4.49. The molecule has 2 rings (SSSR count). The predicted molar refractivity (Wildman–Crippen MR) is 67.2 cm³/mol. The molecule has 0 spiro atoms. The largest absolute Gasteiger partial charge is 0.489 e. The van der Waals surface area contributed by atoms with Crippen LogP contribution in [0.25, 0.3) is 0 Å². The minimum absolute atomic E-state index is 0.446. The third-order valence-corrected chi connectivity index (χ3v) is 3.07. The number of hydrogen-bond donors (Lipinski definition) is 1. The molecule has 1 aromatic rings. The minimum atomic E-state index is -0.446. The monoisotopic (exact) mass is 233 g/mol. The van der Waals surface area contributed by atoms with Crippen LogP contribution in [0.4, 0.5) is 0 Å². The number of aryl methyl sites for hydroxylation is 1. The Morgan fingerprint density at radius 3 is 3.18 bits per heavy atom. The van der Waals surface area contributed by atoms with Crippen molar-refractivity contribution in [1.29, 1.82) is 0 Å². The maximum Gasteiger partial charge on any atom is 0.126 e. The van der Waals surface area contributed by atoms with Crippen LogP contribution in [-0.4, -0.2) is 16.7 Å². The van der Waals surface area contributed by atoms with Gasteiger partial charge in [0.05, 0.1) is 11.8 Å². The topological polar surface area (TPSA) is 42.4 Å². The fourth-order valence-corrected chi connectivity index (χ4v) is 2.27. The maximum absolute atomic E-state index is 10.1. The number of aliphatic hydroxyl groups is 1. The molecule has 1 aromatic heterocycles. The van der Waals surface area contributed by atoms with Gasteiger partial charge in [-0.05, 0) is 26.2 Å². The number of fused-ring (bicyclic) bond motifs is 1. The van der Waals surface area contributed by atoms with E-state index in [2.05, 4.69) is 11.6 Å². The Kier molecular flexibility index (Phi) is 3.79. The highest BCUT2D eigenvalue weighted by Crippen LogP contribution is 2.33. The molecule has 1 atom stereocenters. The van der Waals surface area contributed by atoms with Crippen molar-refractivity contribution in [1.82, 2.24) is 4.98 Å². The molecule has 3 nitrogen and oxygen atoms in total. The number of ether oxygens (including phenoxy) is 1. The number of aliphatic hydroxyl groups excluding tert-OH is 1. The summed E-state index contributed by atoms with van der Waals surface area (Å²) in [5, 5.41) is 10.1. The molecule has 0 saturated carbocycles. The van der Waals surface area contributed by atoms with Crippen LogP contribution in [0, 0.1) is 6.92 Å². The van der Waals surface area contributed by atoms with Crippen molar-refractivity contribution in [3.8, 4) is 5.75 Å². The molecule has 0 aromatic carbocycles. The molecular weight excluding hydrogens is 214 g/mol. The zero-order valence-corrected chi connectivity index (χ0v) is 10.3. The summed E-state index contributed by atoms with van der Waals surface area (Å²) >= 11 is 0. The van der Waals surface area contributed by atoms with Crippen LogP contribution in [-0.2, 0) is 6.42 Å². The Hall–Kier alpha value is -1.35. The lowest BCUT2D eigenvalue weighted by Gasteiger charge is -2.15. The van der Waals surface area contributed by atoms with Crippen molar-refractivity contribution in [2.24, 2.45) is 0 Å². The number of pyridine rings is 1. The second kappa shape index (κ2) is 5.32. The molecule has 17 heavy (non-hydrogen) atoms. The van der Waals surface area contributed by atoms with Crippen LogP contribution in [0.1, 0.15) is 42.3 Å². The first-order chi connectivity index (χ1) is 8.22. The molecule has 1 aliphatic carbocycles. The predicted octanol–water partition coefficient (Wildman–Crippen LogP) is 2.71. The average molecular weight is 233 g/mol. The van der Waals surface area contributed by atoms with Crippen molar-refractivity contribution in [3.05, 3.63) is 35.7 Å². The van der Waals surface area contributed by atoms with Gasteiger partial charge in [-0.25, -0.2) is 0 Å². The zero-order chi connectivity index (χ0) is 12.3. The van der Waals surface area contributed by atoms with Gasteiger partial charge in [-0.15, -0.1) is 0 Å². The summed E-state index contributed by atoms with van der Waals surface area (Å²) < 4.78 is 5.67. The van der Waals surface area contributed by atoms with E-state index in [1.54, 1.807) is 6.08 Å². The number of rotatable bonds is 3. The summed E-state index contributed by atoms with van der Waals surface area (Å²) in [6.45, 7) is 6.07. The van der Waals surface area contributed by atoms with Crippen LogP contribution < -0.4 is 4.74 Å². The molecule has 1 unspecified atom stereocenters. The first-order valence-electron chi connectivity index (χ1n) is 6.14. The van der Waals surface area contributed by atoms with Crippen LogP contribution in [0.5, 0.6) is 5.75 Å². The van der Waals surface area contributed by atoms with Gasteiger partial charge in [-0.1, -0.05) is 19.1 Å². The average Bonchev–Trinajstić information content (AvgIpc) is 2.49. The molecule has 0 radical (unpaired) electrons. The third kappa shape index (κ3) is 2.67. The third-order valence-electron chi connectivity index (χ3n) is 3.07. The molecule has 1 N–H and O–H groups in total. The summed E-state index contributed by atoms with van der Waals surface area (Å²) in [4.78, 5) is 4.47. The quantitative estimate of drug-likeness (QED) is 0.644. The summed E-state index contributed by atoms with van der Waals surface area (Å²) in [6.07, 6.45) is 5.14. The standard InChI is InChI=1S/C14H19NO2/c1-3-8-17-13-9-10(2)15-14-11(13)6-4-5-7-12(14)16/h3,9,12,16H,1,4-8H2,2H3. The number of aromatic nitrogens is 1. The molecule has 0 bridgehead atoms. The zero-order valence-electron chi connectivity index (χ0n) is 10.3. The van der Waals surface area contributed by atoms with E-state index < -0.39 is 6.10 Å². The van der Waals surface area contributed by atoms with Crippen LogP contribution in [0.2, 0.25) is 0 Å². The second-order valence-electron chi connectivity index (χ2n) is 4.49. The van der Waals surface area contributed by atoms with Crippen LogP contribution in [0.3, 0.4) is 0 Å².